The van der Waals surface area contributed by atoms with Crippen LogP contribution in [-0.2, 0) is 9.59 Å². The van der Waals surface area contributed by atoms with Gasteiger partial charge in [-0.1, -0.05) is 25.1 Å². The molecule has 2 amide bonds. The number of nitriles is 1. The van der Waals surface area contributed by atoms with Gasteiger partial charge in [0.1, 0.15) is 17.9 Å². The van der Waals surface area contributed by atoms with Crippen molar-refractivity contribution in [3.8, 4) is 6.07 Å². The van der Waals surface area contributed by atoms with Gasteiger partial charge in [-0.15, -0.1) is 0 Å². The third-order valence-electron chi connectivity index (χ3n) is 3.81. The van der Waals surface area contributed by atoms with Gasteiger partial charge in [0.15, 0.2) is 0 Å². The number of halogens is 1. The van der Waals surface area contributed by atoms with Gasteiger partial charge in [-0.2, -0.15) is 5.26 Å². The Morgan fingerprint density at radius 2 is 2.23 bits per heavy atom. The van der Waals surface area contributed by atoms with Crippen molar-refractivity contribution in [3.63, 3.8) is 0 Å². The molecule has 1 aromatic rings. The molecule has 0 saturated carbocycles. The average Bonchev–Trinajstić information content (AvgIpc) is 2.92. The fourth-order valence-corrected chi connectivity index (χ4v) is 2.67. The van der Waals surface area contributed by atoms with Crippen LogP contribution >= 0.6 is 0 Å². The number of rotatable bonds is 5. The van der Waals surface area contributed by atoms with Gasteiger partial charge in [-0.3, -0.25) is 9.59 Å². The molecule has 1 heterocycles. The third-order valence-corrected chi connectivity index (χ3v) is 3.81. The second kappa shape index (κ2) is 7.03. The first-order valence-corrected chi connectivity index (χ1v) is 7.32. The van der Waals surface area contributed by atoms with Crippen molar-refractivity contribution in [3.05, 3.63) is 35.6 Å². The zero-order chi connectivity index (χ0) is 16.1. The van der Waals surface area contributed by atoms with Crippen molar-refractivity contribution in [2.24, 2.45) is 0 Å². The van der Waals surface area contributed by atoms with Gasteiger partial charge >= 0.3 is 0 Å². The van der Waals surface area contributed by atoms with Gasteiger partial charge in [0, 0.05) is 18.5 Å². The van der Waals surface area contributed by atoms with Crippen molar-refractivity contribution < 1.29 is 14.0 Å². The molecule has 116 valence electrons. The fourth-order valence-electron chi connectivity index (χ4n) is 2.67. The van der Waals surface area contributed by atoms with Crippen molar-refractivity contribution in [1.29, 1.82) is 5.26 Å². The molecule has 0 aromatic heterocycles. The summed E-state index contributed by atoms with van der Waals surface area (Å²) in [5.41, 5.74) is 0.126. The number of benzene rings is 1. The van der Waals surface area contributed by atoms with Gasteiger partial charge in [0.05, 0.1) is 6.07 Å². The van der Waals surface area contributed by atoms with E-state index in [0.29, 0.717) is 19.4 Å². The summed E-state index contributed by atoms with van der Waals surface area (Å²) in [6, 6.07) is 6.05. The van der Waals surface area contributed by atoms with Crippen LogP contribution in [0.5, 0.6) is 0 Å². The molecule has 2 atom stereocenters. The zero-order valence-corrected chi connectivity index (χ0v) is 12.4. The molecule has 5 nitrogen and oxygen atoms in total. The van der Waals surface area contributed by atoms with Crippen LogP contribution in [0.2, 0.25) is 0 Å². The number of carbonyl (C=O) groups excluding carboxylic acids is 2. The monoisotopic (exact) mass is 303 g/mol. The van der Waals surface area contributed by atoms with E-state index in [-0.39, 0.29) is 11.5 Å². The van der Waals surface area contributed by atoms with Crippen LogP contribution < -0.4 is 5.32 Å². The van der Waals surface area contributed by atoms with Crippen molar-refractivity contribution in [2.75, 3.05) is 6.54 Å². The molecule has 1 fully saturated rings. The molecule has 1 aliphatic rings. The Bertz CT molecular complexity index is 612. The highest BCUT2D eigenvalue weighted by Crippen LogP contribution is 2.19. The lowest BCUT2D eigenvalue weighted by Crippen LogP contribution is -2.48. The van der Waals surface area contributed by atoms with Gasteiger partial charge < -0.3 is 10.2 Å². The predicted molar refractivity (Wildman–Crippen MR) is 77.9 cm³/mol. The van der Waals surface area contributed by atoms with Gasteiger partial charge in [-0.05, 0) is 18.9 Å². The van der Waals surface area contributed by atoms with Gasteiger partial charge in [-0.25, -0.2) is 4.39 Å². The van der Waals surface area contributed by atoms with Crippen LogP contribution in [-0.4, -0.2) is 29.3 Å². The van der Waals surface area contributed by atoms with E-state index in [9.17, 15) is 19.2 Å². The van der Waals surface area contributed by atoms with E-state index in [1.165, 1.54) is 23.1 Å². The Kier molecular flexibility index (Phi) is 5.10. The number of carbonyl (C=O) groups is 2. The van der Waals surface area contributed by atoms with Crippen molar-refractivity contribution in [1.82, 2.24) is 10.2 Å². The maximum absolute atomic E-state index is 13.8. The van der Waals surface area contributed by atoms with E-state index in [1.807, 2.05) is 6.07 Å². The number of hydrogen-bond donors (Lipinski definition) is 1. The number of nitrogens with one attached hydrogen (secondary N) is 1. The second-order valence-corrected chi connectivity index (χ2v) is 5.21. The topological polar surface area (TPSA) is 73.2 Å². The SMILES string of the molecule is CCC(C(=O)NC(C#N)c1ccccc1F)N1CCCC1=O. The molecule has 0 bridgehead atoms. The number of amides is 2. The Balaban J connectivity index is 2.13. The van der Waals surface area contributed by atoms with Crippen molar-refractivity contribution >= 4 is 11.8 Å². The molecule has 1 N–H and O–H groups in total. The zero-order valence-electron chi connectivity index (χ0n) is 12.4. The van der Waals surface area contributed by atoms with Gasteiger partial charge in [0.25, 0.3) is 0 Å². The Labute approximate surface area is 128 Å². The van der Waals surface area contributed by atoms with E-state index in [0.717, 1.165) is 6.42 Å². The summed E-state index contributed by atoms with van der Waals surface area (Å²) in [7, 11) is 0. The number of nitrogens with zero attached hydrogens (tertiary/aromatic N) is 2. The Morgan fingerprint density at radius 1 is 1.50 bits per heavy atom. The molecule has 0 spiro atoms. The maximum Gasteiger partial charge on any atom is 0.244 e. The highest BCUT2D eigenvalue weighted by atomic mass is 19.1. The van der Waals surface area contributed by atoms with E-state index >= 15 is 0 Å². The quantitative estimate of drug-likeness (QED) is 0.903. The smallest absolute Gasteiger partial charge is 0.244 e. The summed E-state index contributed by atoms with van der Waals surface area (Å²) in [6.07, 6.45) is 1.63. The molecule has 1 aromatic carbocycles. The standard InChI is InChI=1S/C16H18FN3O2/c1-2-14(20-9-5-8-15(20)21)16(22)19-13(10-18)11-6-3-4-7-12(11)17/h3-4,6-7,13-14H,2,5,8-9H2,1H3,(H,19,22). The van der Waals surface area contributed by atoms with Crippen LogP contribution in [0, 0.1) is 17.1 Å². The third kappa shape index (κ3) is 3.25. The Morgan fingerprint density at radius 3 is 2.77 bits per heavy atom. The lowest BCUT2D eigenvalue weighted by atomic mass is 10.1. The van der Waals surface area contributed by atoms with Gasteiger partial charge in [0.2, 0.25) is 11.8 Å². The van der Waals surface area contributed by atoms with Crippen LogP contribution in [0.1, 0.15) is 37.8 Å². The first-order chi connectivity index (χ1) is 10.6. The predicted octanol–water partition coefficient (Wildman–Crippen LogP) is 1.91. The van der Waals surface area contributed by atoms with Crippen LogP contribution in [0.25, 0.3) is 0 Å². The number of likely N-dealkylation sites (tertiary alicyclic amines) is 1. The summed E-state index contributed by atoms with van der Waals surface area (Å²) < 4.78 is 13.8. The first kappa shape index (κ1) is 16.0. The van der Waals surface area contributed by atoms with Crippen molar-refractivity contribution in [2.45, 2.75) is 38.3 Å². The molecule has 2 rings (SSSR count). The molecule has 1 saturated heterocycles. The average molecular weight is 303 g/mol. The van der Waals surface area contributed by atoms with Crippen LogP contribution in [0.15, 0.2) is 24.3 Å². The summed E-state index contributed by atoms with van der Waals surface area (Å²) in [4.78, 5) is 25.7. The summed E-state index contributed by atoms with van der Waals surface area (Å²) >= 11 is 0. The molecule has 0 radical (unpaired) electrons. The molecule has 0 aliphatic carbocycles. The van der Waals surface area contributed by atoms with E-state index < -0.39 is 23.8 Å². The molecular weight excluding hydrogens is 285 g/mol. The van der Waals surface area contributed by atoms with Crippen LogP contribution in [0.3, 0.4) is 0 Å². The Hall–Kier alpha value is -2.42. The lowest BCUT2D eigenvalue weighted by molar-refractivity contribution is -0.137. The minimum atomic E-state index is -1.07. The molecule has 2 unspecified atom stereocenters. The largest absolute Gasteiger partial charge is 0.335 e. The summed E-state index contributed by atoms with van der Waals surface area (Å²) in [5.74, 6) is -1.02. The molecule has 22 heavy (non-hydrogen) atoms. The number of hydrogen-bond acceptors (Lipinski definition) is 3. The second-order valence-electron chi connectivity index (χ2n) is 5.21. The first-order valence-electron chi connectivity index (χ1n) is 7.32. The van der Waals surface area contributed by atoms with E-state index in [1.54, 1.807) is 13.0 Å². The van der Waals surface area contributed by atoms with E-state index in [2.05, 4.69) is 5.32 Å². The fraction of sp³-hybridized carbons (Fsp3) is 0.438. The molecule has 1 aliphatic heterocycles. The normalized spacial score (nSPS) is 17.0. The lowest BCUT2D eigenvalue weighted by Gasteiger charge is -2.26. The minimum Gasteiger partial charge on any atom is -0.335 e. The summed E-state index contributed by atoms with van der Waals surface area (Å²) in [5, 5.41) is 11.8. The highest BCUT2D eigenvalue weighted by Gasteiger charge is 2.32. The van der Waals surface area contributed by atoms with E-state index in [4.69, 9.17) is 0 Å². The maximum atomic E-state index is 13.8. The highest BCUT2D eigenvalue weighted by molar-refractivity contribution is 5.88. The summed E-state index contributed by atoms with van der Waals surface area (Å²) in [6.45, 7) is 2.35. The molecular formula is C16H18FN3O2. The minimum absolute atomic E-state index is 0.0543. The molecule has 6 heteroatoms. The van der Waals surface area contributed by atoms with Crippen LogP contribution in [0.4, 0.5) is 4.39 Å².